The van der Waals surface area contributed by atoms with E-state index < -0.39 is 0 Å². The molecule has 0 radical (unpaired) electrons. The molecule has 1 aromatic rings. The first kappa shape index (κ1) is 18.5. The molecular weight excluding hydrogens is 304 g/mol. The molecule has 1 aromatic heterocycles. The highest BCUT2D eigenvalue weighted by Crippen LogP contribution is 2.19. The molecule has 6 heteroatoms. The molecule has 1 aliphatic heterocycles. The smallest absolute Gasteiger partial charge is 0.225 e. The molecule has 6 nitrogen and oxygen atoms in total. The number of carbonyl (C=O) groups is 2. The second kappa shape index (κ2) is 8.85. The van der Waals surface area contributed by atoms with Gasteiger partial charge in [-0.2, -0.15) is 5.10 Å². The van der Waals surface area contributed by atoms with Crippen LogP contribution < -0.4 is 5.32 Å². The Morgan fingerprint density at radius 3 is 2.83 bits per heavy atom. The lowest BCUT2D eigenvalue weighted by molar-refractivity contribution is -0.139. The maximum Gasteiger partial charge on any atom is 0.225 e. The Balaban J connectivity index is 1.78. The summed E-state index contributed by atoms with van der Waals surface area (Å²) in [6.45, 7) is 8.85. The van der Waals surface area contributed by atoms with Crippen molar-refractivity contribution < 1.29 is 9.59 Å². The monoisotopic (exact) mass is 334 g/mol. The van der Waals surface area contributed by atoms with E-state index in [2.05, 4.69) is 17.3 Å². The van der Waals surface area contributed by atoms with Gasteiger partial charge in [0.05, 0.1) is 5.92 Å². The molecule has 1 fully saturated rings. The molecule has 1 N–H and O–H groups in total. The predicted molar refractivity (Wildman–Crippen MR) is 93.2 cm³/mol. The van der Waals surface area contributed by atoms with Crippen LogP contribution in [0.2, 0.25) is 0 Å². The van der Waals surface area contributed by atoms with Crippen molar-refractivity contribution >= 4 is 11.8 Å². The minimum Gasteiger partial charge on any atom is -0.355 e. The summed E-state index contributed by atoms with van der Waals surface area (Å²) in [4.78, 5) is 26.6. The first-order valence-corrected chi connectivity index (χ1v) is 9.05. The molecule has 134 valence electrons. The Morgan fingerprint density at radius 2 is 2.17 bits per heavy atom. The Kier molecular flexibility index (Phi) is 6.82. The minimum atomic E-state index is -0.0799. The van der Waals surface area contributed by atoms with Crippen molar-refractivity contribution in [3.63, 3.8) is 0 Å². The molecule has 0 saturated carbocycles. The molecule has 0 aromatic carbocycles. The molecule has 0 spiro atoms. The van der Waals surface area contributed by atoms with Gasteiger partial charge in [-0.1, -0.05) is 20.8 Å². The van der Waals surface area contributed by atoms with E-state index in [4.69, 9.17) is 0 Å². The number of hydrogen-bond acceptors (Lipinski definition) is 3. The van der Waals surface area contributed by atoms with Gasteiger partial charge in [0.25, 0.3) is 0 Å². The SMILES string of the molecule is CC[C@H](C)C(=O)N1CCC[C@@H](C(=O)NC[C@H](C)Cn2cccn2)C1. The maximum absolute atomic E-state index is 12.4. The van der Waals surface area contributed by atoms with Gasteiger partial charge in [-0.3, -0.25) is 14.3 Å². The highest BCUT2D eigenvalue weighted by molar-refractivity contribution is 5.82. The van der Waals surface area contributed by atoms with E-state index in [-0.39, 0.29) is 23.7 Å². The standard InChI is InChI=1S/C18H30N4O2/c1-4-15(3)18(24)21-9-5-7-16(13-21)17(23)19-11-14(2)12-22-10-6-8-20-22/h6,8,10,14-16H,4-5,7,9,11-13H2,1-3H3,(H,19,23)/t14-,15-,16+/m0/s1. The summed E-state index contributed by atoms with van der Waals surface area (Å²) >= 11 is 0. The highest BCUT2D eigenvalue weighted by Gasteiger charge is 2.29. The second-order valence-corrected chi connectivity index (χ2v) is 7.01. The van der Waals surface area contributed by atoms with Crippen LogP contribution >= 0.6 is 0 Å². The van der Waals surface area contributed by atoms with Crippen molar-refractivity contribution in [3.8, 4) is 0 Å². The van der Waals surface area contributed by atoms with Gasteiger partial charge in [-0.15, -0.1) is 0 Å². The summed E-state index contributed by atoms with van der Waals surface area (Å²) in [5.41, 5.74) is 0. The van der Waals surface area contributed by atoms with Crippen LogP contribution in [0.15, 0.2) is 18.5 Å². The van der Waals surface area contributed by atoms with Gasteiger partial charge in [0.1, 0.15) is 0 Å². The predicted octanol–water partition coefficient (Wildman–Crippen LogP) is 1.92. The summed E-state index contributed by atoms with van der Waals surface area (Å²) in [7, 11) is 0. The summed E-state index contributed by atoms with van der Waals surface area (Å²) in [6.07, 6.45) is 6.30. The Hall–Kier alpha value is -1.85. The third kappa shape index (κ3) is 5.08. The van der Waals surface area contributed by atoms with E-state index >= 15 is 0 Å². The van der Waals surface area contributed by atoms with Crippen molar-refractivity contribution in [2.75, 3.05) is 19.6 Å². The zero-order valence-corrected chi connectivity index (χ0v) is 15.1. The lowest BCUT2D eigenvalue weighted by Crippen LogP contribution is -2.47. The topological polar surface area (TPSA) is 67.2 Å². The molecule has 0 unspecified atom stereocenters. The van der Waals surface area contributed by atoms with Crippen LogP contribution in [-0.2, 0) is 16.1 Å². The van der Waals surface area contributed by atoms with Crippen LogP contribution in [-0.4, -0.2) is 46.1 Å². The number of hydrogen-bond donors (Lipinski definition) is 1. The van der Waals surface area contributed by atoms with Crippen LogP contribution in [0, 0.1) is 17.8 Å². The molecule has 0 aliphatic carbocycles. The second-order valence-electron chi connectivity index (χ2n) is 7.01. The Labute approximate surface area is 144 Å². The third-order valence-electron chi connectivity index (χ3n) is 4.82. The molecule has 2 amide bonds. The van der Waals surface area contributed by atoms with E-state index in [1.807, 2.05) is 35.7 Å². The van der Waals surface area contributed by atoms with E-state index in [9.17, 15) is 9.59 Å². The van der Waals surface area contributed by atoms with Crippen molar-refractivity contribution in [1.29, 1.82) is 0 Å². The van der Waals surface area contributed by atoms with Gasteiger partial charge < -0.3 is 10.2 Å². The highest BCUT2D eigenvalue weighted by atomic mass is 16.2. The Morgan fingerprint density at radius 1 is 1.38 bits per heavy atom. The van der Waals surface area contributed by atoms with Gasteiger partial charge in [0.15, 0.2) is 0 Å². The number of rotatable bonds is 7. The van der Waals surface area contributed by atoms with Crippen LogP contribution in [0.4, 0.5) is 0 Å². The van der Waals surface area contributed by atoms with Crippen LogP contribution in [0.3, 0.4) is 0 Å². The van der Waals surface area contributed by atoms with Gasteiger partial charge in [0.2, 0.25) is 11.8 Å². The van der Waals surface area contributed by atoms with Crippen molar-refractivity contribution in [2.24, 2.45) is 17.8 Å². The number of amides is 2. The first-order valence-electron chi connectivity index (χ1n) is 9.05. The average Bonchev–Trinajstić information content (AvgIpc) is 3.11. The lowest BCUT2D eigenvalue weighted by atomic mass is 9.95. The van der Waals surface area contributed by atoms with Crippen molar-refractivity contribution in [3.05, 3.63) is 18.5 Å². The van der Waals surface area contributed by atoms with E-state index in [1.54, 1.807) is 6.20 Å². The number of aromatic nitrogens is 2. The zero-order valence-electron chi connectivity index (χ0n) is 15.1. The summed E-state index contributed by atoms with van der Waals surface area (Å²) in [6, 6.07) is 1.90. The van der Waals surface area contributed by atoms with Crippen LogP contribution in [0.25, 0.3) is 0 Å². The number of carbonyl (C=O) groups excluding carboxylic acids is 2. The van der Waals surface area contributed by atoms with E-state index in [1.165, 1.54) is 0 Å². The van der Waals surface area contributed by atoms with E-state index in [0.717, 1.165) is 32.4 Å². The molecule has 1 aliphatic rings. The Bertz CT molecular complexity index is 529. The largest absolute Gasteiger partial charge is 0.355 e. The van der Waals surface area contributed by atoms with Gasteiger partial charge in [-0.05, 0) is 31.2 Å². The molecule has 2 heterocycles. The quantitative estimate of drug-likeness (QED) is 0.828. The fraction of sp³-hybridized carbons (Fsp3) is 0.722. The minimum absolute atomic E-state index is 0.0425. The summed E-state index contributed by atoms with van der Waals surface area (Å²) in [5, 5.41) is 7.24. The molecule has 3 atom stereocenters. The molecule has 0 bridgehead atoms. The average molecular weight is 334 g/mol. The fourth-order valence-corrected chi connectivity index (χ4v) is 3.09. The molecular formula is C18H30N4O2. The van der Waals surface area contributed by atoms with Crippen molar-refractivity contribution in [2.45, 2.75) is 46.6 Å². The van der Waals surface area contributed by atoms with E-state index in [0.29, 0.717) is 19.0 Å². The third-order valence-corrected chi connectivity index (χ3v) is 4.82. The molecule has 1 saturated heterocycles. The van der Waals surface area contributed by atoms with Gasteiger partial charge in [-0.25, -0.2) is 0 Å². The van der Waals surface area contributed by atoms with Gasteiger partial charge in [0, 0.05) is 44.5 Å². The fourth-order valence-electron chi connectivity index (χ4n) is 3.09. The van der Waals surface area contributed by atoms with Gasteiger partial charge >= 0.3 is 0 Å². The van der Waals surface area contributed by atoms with Crippen LogP contribution in [0.1, 0.15) is 40.0 Å². The molecule has 24 heavy (non-hydrogen) atoms. The molecule has 2 rings (SSSR count). The lowest BCUT2D eigenvalue weighted by Gasteiger charge is -2.33. The number of nitrogens with one attached hydrogen (secondary N) is 1. The summed E-state index contributed by atoms with van der Waals surface area (Å²) < 4.78 is 1.88. The number of piperidine rings is 1. The normalized spacial score (nSPS) is 20.5. The summed E-state index contributed by atoms with van der Waals surface area (Å²) in [5.74, 6) is 0.533. The zero-order chi connectivity index (χ0) is 17.5. The first-order chi connectivity index (χ1) is 11.5. The van der Waals surface area contributed by atoms with Crippen LogP contribution in [0.5, 0.6) is 0 Å². The van der Waals surface area contributed by atoms with Crippen molar-refractivity contribution in [1.82, 2.24) is 20.0 Å². The number of nitrogens with zero attached hydrogens (tertiary/aromatic N) is 3. The number of likely N-dealkylation sites (tertiary alicyclic amines) is 1. The maximum atomic E-state index is 12.4.